The Morgan fingerprint density at radius 2 is 2.07 bits per heavy atom. The normalized spacial score (nSPS) is 17.9. The number of ether oxygens (including phenoxy) is 1. The van der Waals surface area contributed by atoms with Crippen LogP contribution < -0.4 is 0 Å². The molecule has 0 radical (unpaired) electrons. The number of nitro benzene ring substituents is 1. The van der Waals surface area contributed by atoms with Gasteiger partial charge in [0.15, 0.2) is 16.4 Å². The van der Waals surface area contributed by atoms with Crippen molar-refractivity contribution < 1.29 is 27.7 Å². The highest BCUT2D eigenvalue weighted by Gasteiger charge is 2.35. The van der Waals surface area contributed by atoms with Crippen molar-refractivity contribution in [1.82, 2.24) is 4.90 Å². The molecule has 11 heteroatoms. The fourth-order valence-electron chi connectivity index (χ4n) is 3.12. The predicted molar refractivity (Wildman–Crippen MR) is 109 cm³/mol. The lowest BCUT2D eigenvalue weighted by atomic mass is 10.1. The van der Waals surface area contributed by atoms with E-state index in [0.29, 0.717) is 17.9 Å². The minimum Gasteiger partial charge on any atom is -0.452 e. The molecule has 0 aliphatic carbocycles. The molecule has 1 unspecified atom stereocenters. The van der Waals surface area contributed by atoms with E-state index in [1.165, 1.54) is 34.9 Å². The standard InChI is InChI=1S/C18H24N2O7S2/c1-12(2)9-19(13-6-7-29(25,26)11-13)17(21)10-27-18(22)15-8-14(28-3)4-5-16(15)20(23)24/h4-5,8,12-13H,6-7,9-11H2,1-3H3. The quantitative estimate of drug-likeness (QED) is 0.259. The lowest BCUT2D eigenvalue weighted by Crippen LogP contribution is -2.45. The monoisotopic (exact) mass is 444 g/mol. The molecular weight excluding hydrogens is 420 g/mol. The molecule has 2 rings (SSSR count). The van der Waals surface area contributed by atoms with Gasteiger partial charge in [0.25, 0.3) is 11.6 Å². The van der Waals surface area contributed by atoms with Crippen LogP contribution in [0.1, 0.15) is 30.6 Å². The van der Waals surface area contributed by atoms with Gasteiger partial charge >= 0.3 is 5.97 Å². The molecule has 1 heterocycles. The van der Waals surface area contributed by atoms with Gasteiger partial charge < -0.3 is 9.64 Å². The zero-order chi connectivity index (χ0) is 21.8. The van der Waals surface area contributed by atoms with Gasteiger partial charge in [-0.15, -0.1) is 11.8 Å². The number of hydrogen-bond donors (Lipinski definition) is 0. The van der Waals surface area contributed by atoms with E-state index < -0.39 is 45.0 Å². The van der Waals surface area contributed by atoms with Crippen LogP contribution in [0.5, 0.6) is 0 Å². The Balaban J connectivity index is 2.13. The van der Waals surface area contributed by atoms with Crippen LogP contribution in [0.4, 0.5) is 5.69 Å². The van der Waals surface area contributed by atoms with Crippen molar-refractivity contribution in [3.63, 3.8) is 0 Å². The maximum absolute atomic E-state index is 12.7. The van der Waals surface area contributed by atoms with E-state index in [0.717, 1.165) is 0 Å². The number of carbonyl (C=O) groups is 2. The van der Waals surface area contributed by atoms with Crippen LogP contribution in [0.3, 0.4) is 0 Å². The molecule has 1 aliphatic heterocycles. The van der Waals surface area contributed by atoms with Crippen molar-refractivity contribution in [2.24, 2.45) is 5.92 Å². The van der Waals surface area contributed by atoms with Crippen LogP contribution in [0, 0.1) is 16.0 Å². The van der Waals surface area contributed by atoms with Crippen molar-refractivity contribution in [2.45, 2.75) is 31.2 Å². The van der Waals surface area contributed by atoms with E-state index in [2.05, 4.69) is 0 Å². The Hall–Kier alpha value is -2.14. The number of rotatable bonds is 8. The van der Waals surface area contributed by atoms with Gasteiger partial charge in [-0.25, -0.2) is 13.2 Å². The van der Waals surface area contributed by atoms with E-state index in [-0.39, 0.29) is 23.0 Å². The minimum absolute atomic E-state index is 0.0208. The Morgan fingerprint density at radius 3 is 2.59 bits per heavy atom. The summed E-state index contributed by atoms with van der Waals surface area (Å²) < 4.78 is 28.6. The van der Waals surface area contributed by atoms with Gasteiger partial charge in [0.1, 0.15) is 5.56 Å². The molecule has 0 N–H and O–H groups in total. The summed E-state index contributed by atoms with van der Waals surface area (Å²) in [5.41, 5.74) is -0.630. The van der Waals surface area contributed by atoms with Crippen molar-refractivity contribution in [2.75, 3.05) is 30.9 Å². The maximum Gasteiger partial charge on any atom is 0.345 e. The summed E-state index contributed by atoms with van der Waals surface area (Å²) in [6, 6.07) is 3.64. The first kappa shape index (κ1) is 23.1. The Morgan fingerprint density at radius 1 is 1.38 bits per heavy atom. The Labute approximate surface area is 173 Å². The van der Waals surface area contributed by atoms with E-state index in [1.54, 1.807) is 6.26 Å². The number of sulfone groups is 1. The van der Waals surface area contributed by atoms with E-state index >= 15 is 0 Å². The number of esters is 1. The Kier molecular flexibility index (Phi) is 7.64. The summed E-state index contributed by atoms with van der Waals surface area (Å²) in [7, 11) is -3.19. The summed E-state index contributed by atoms with van der Waals surface area (Å²) in [6.45, 7) is 3.52. The molecule has 0 bridgehead atoms. The van der Waals surface area contributed by atoms with Gasteiger partial charge in [0.2, 0.25) is 0 Å². The number of carbonyl (C=O) groups excluding carboxylic acids is 2. The zero-order valence-corrected chi connectivity index (χ0v) is 18.1. The molecule has 1 aromatic rings. The van der Waals surface area contributed by atoms with Crippen molar-refractivity contribution >= 4 is 39.2 Å². The molecule has 1 atom stereocenters. The third-order valence-corrected chi connectivity index (χ3v) is 6.95. The topological polar surface area (TPSA) is 124 Å². The van der Waals surface area contributed by atoms with E-state index in [4.69, 9.17) is 4.74 Å². The van der Waals surface area contributed by atoms with Crippen LogP contribution in [0.25, 0.3) is 0 Å². The fraction of sp³-hybridized carbons (Fsp3) is 0.556. The summed E-state index contributed by atoms with van der Waals surface area (Å²) in [5.74, 6) is -1.48. The third kappa shape index (κ3) is 6.17. The molecule has 9 nitrogen and oxygen atoms in total. The van der Waals surface area contributed by atoms with Crippen molar-refractivity contribution in [1.29, 1.82) is 0 Å². The highest BCUT2D eigenvalue weighted by molar-refractivity contribution is 7.98. The molecule has 1 fully saturated rings. The van der Waals surface area contributed by atoms with Crippen LogP contribution >= 0.6 is 11.8 Å². The van der Waals surface area contributed by atoms with Crippen molar-refractivity contribution in [3.05, 3.63) is 33.9 Å². The van der Waals surface area contributed by atoms with E-state index in [1.807, 2.05) is 13.8 Å². The van der Waals surface area contributed by atoms with Crippen LogP contribution in [-0.4, -0.2) is 67.1 Å². The zero-order valence-electron chi connectivity index (χ0n) is 16.5. The first-order valence-electron chi connectivity index (χ1n) is 9.03. The molecule has 1 aliphatic rings. The average molecular weight is 445 g/mol. The molecule has 0 aromatic heterocycles. The van der Waals surface area contributed by atoms with Crippen LogP contribution in [0.2, 0.25) is 0 Å². The summed E-state index contributed by atoms with van der Waals surface area (Å²) in [6.07, 6.45) is 2.11. The summed E-state index contributed by atoms with van der Waals surface area (Å²) in [5, 5.41) is 11.2. The number of nitrogens with zero attached hydrogens (tertiary/aromatic N) is 2. The van der Waals surface area contributed by atoms with Gasteiger partial charge in [0.05, 0.1) is 16.4 Å². The first-order valence-corrected chi connectivity index (χ1v) is 12.1. The van der Waals surface area contributed by atoms with Gasteiger partial charge in [-0.3, -0.25) is 14.9 Å². The average Bonchev–Trinajstić information content (AvgIpc) is 3.02. The number of amides is 1. The molecule has 1 amide bonds. The summed E-state index contributed by atoms with van der Waals surface area (Å²) in [4.78, 5) is 37.7. The van der Waals surface area contributed by atoms with Gasteiger partial charge in [-0.2, -0.15) is 0 Å². The molecule has 160 valence electrons. The van der Waals surface area contributed by atoms with Crippen molar-refractivity contribution in [3.8, 4) is 0 Å². The lowest BCUT2D eigenvalue weighted by molar-refractivity contribution is -0.385. The number of hydrogen-bond acceptors (Lipinski definition) is 8. The fourth-order valence-corrected chi connectivity index (χ4v) is 5.29. The molecule has 0 saturated carbocycles. The van der Waals surface area contributed by atoms with Gasteiger partial charge in [0, 0.05) is 23.5 Å². The SMILES string of the molecule is CSc1ccc([N+](=O)[O-])c(C(=O)OCC(=O)N(CC(C)C)C2CCS(=O)(=O)C2)c1. The molecule has 1 saturated heterocycles. The Bertz CT molecular complexity index is 899. The number of thioether (sulfide) groups is 1. The highest BCUT2D eigenvalue weighted by atomic mass is 32.2. The predicted octanol–water partition coefficient (Wildman–Crippen LogP) is 2.15. The second-order valence-electron chi connectivity index (χ2n) is 7.21. The molecule has 1 aromatic carbocycles. The largest absolute Gasteiger partial charge is 0.452 e. The van der Waals surface area contributed by atoms with E-state index in [9.17, 15) is 28.1 Å². The lowest BCUT2D eigenvalue weighted by Gasteiger charge is -2.29. The molecule has 0 spiro atoms. The highest BCUT2D eigenvalue weighted by Crippen LogP contribution is 2.26. The van der Waals surface area contributed by atoms with Gasteiger partial charge in [-0.05, 0) is 30.7 Å². The second kappa shape index (κ2) is 9.57. The maximum atomic E-state index is 12.7. The van der Waals surface area contributed by atoms with Crippen LogP contribution in [-0.2, 0) is 19.4 Å². The van der Waals surface area contributed by atoms with Gasteiger partial charge in [-0.1, -0.05) is 13.8 Å². The third-order valence-electron chi connectivity index (χ3n) is 4.48. The summed E-state index contributed by atoms with van der Waals surface area (Å²) >= 11 is 1.31. The number of nitro groups is 1. The van der Waals surface area contributed by atoms with Crippen LogP contribution in [0.15, 0.2) is 23.1 Å². The number of benzene rings is 1. The molecule has 29 heavy (non-hydrogen) atoms. The molecular formula is C18H24N2O7S2. The first-order chi connectivity index (χ1) is 13.5. The minimum atomic E-state index is -3.19. The second-order valence-corrected chi connectivity index (χ2v) is 10.3. The smallest absolute Gasteiger partial charge is 0.345 e.